The fraction of sp³-hybridized carbons (Fsp3) is 0.286. The molecule has 20 heavy (non-hydrogen) atoms. The summed E-state index contributed by atoms with van der Waals surface area (Å²) >= 11 is 5.84. The quantitative estimate of drug-likeness (QED) is 0.812. The summed E-state index contributed by atoms with van der Waals surface area (Å²) in [6, 6.07) is 8.80. The van der Waals surface area contributed by atoms with E-state index in [2.05, 4.69) is 4.98 Å². The van der Waals surface area contributed by atoms with Gasteiger partial charge in [-0.2, -0.15) is 9.37 Å². The number of carbonyl (C=O) groups excluding carboxylic acids is 1. The summed E-state index contributed by atoms with van der Waals surface area (Å²) in [5.41, 5.74) is 0.772. The van der Waals surface area contributed by atoms with Gasteiger partial charge in [-0.15, -0.1) is 0 Å². The Bertz CT molecular complexity index is 613. The molecule has 1 heterocycles. The second kappa shape index (κ2) is 6.05. The van der Waals surface area contributed by atoms with Crippen LogP contribution in [0.25, 0.3) is 0 Å². The molecule has 6 heteroatoms. The van der Waals surface area contributed by atoms with Crippen LogP contribution >= 0.6 is 11.6 Å². The second-order valence-corrected chi connectivity index (χ2v) is 4.56. The second-order valence-electron chi connectivity index (χ2n) is 4.20. The zero-order chi connectivity index (χ0) is 14.7. The standard InChI is InChI=1S/C14H14ClFN2O2/c1-3-20-13(19)11-12(15)17-14(16)18(11)9(2)10-7-5-4-6-8-10/h4-9H,3H2,1-2H3. The molecule has 0 bridgehead atoms. The maximum absolute atomic E-state index is 14.0. The van der Waals surface area contributed by atoms with Crippen LogP contribution in [0.1, 0.15) is 35.9 Å². The molecule has 0 radical (unpaired) electrons. The van der Waals surface area contributed by atoms with Crippen LogP contribution in [0, 0.1) is 6.08 Å². The first-order valence-electron chi connectivity index (χ1n) is 6.21. The van der Waals surface area contributed by atoms with E-state index in [1.54, 1.807) is 13.8 Å². The monoisotopic (exact) mass is 296 g/mol. The third-order valence-electron chi connectivity index (χ3n) is 2.96. The van der Waals surface area contributed by atoms with Gasteiger partial charge in [0.15, 0.2) is 10.8 Å². The smallest absolute Gasteiger partial charge is 0.358 e. The van der Waals surface area contributed by atoms with E-state index in [1.165, 1.54) is 0 Å². The van der Waals surface area contributed by atoms with Crippen LogP contribution in [0.4, 0.5) is 4.39 Å². The third kappa shape index (κ3) is 2.67. The van der Waals surface area contributed by atoms with Crippen molar-refractivity contribution < 1.29 is 13.9 Å². The summed E-state index contributed by atoms with van der Waals surface area (Å²) in [6.07, 6.45) is -0.811. The predicted molar refractivity (Wildman–Crippen MR) is 73.4 cm³/mol. The molecule has 1 aromatic carbocycles. The number of nitrogens with zero attached hydrogens (tertiary/aromatic N) is 2. The molecule has 0 aliphatic carbocycles. The molecule has 0 amide bonds. The third-order valence-corrected chi connectivity index (χ3v) is 3.23. The zero-order valence-corrected chi connectivity index (χ0v) is 11.9. The van der Waals surface area contributed by atoms with Crippen molar-refractivity contribution in [2.75, 3.05) is 6.61 Å². The molecule has 1 atom stereocenters. The molecular formula is C14H14ClFN2O2. The lowest BCUT2D eigenvalue weighted by molar-refractivity contribution is 0.0511. The van der Waals surface area contributed by atoms with E-state index in [4.69, 9.17) is 16.3 Å². The Kier molecular flexibility index (Phi) is 4.39. The van der Waals surface area contributed by atoms with E-state index in [1.807, 2.05) is 30.3 Å². The van der Waals surface area contributed by atoms with Gasteiger partial charge in [-0.05, 0) is 19.4 Å². The van der Waals surface area contributed by atoms with Gasteiger partial charge in [0.2, 0.25) is 0 Å². The van der Waals surface area contributed by atoms with Gasteiger partial charge in [0, 0.05) is 0 Å². The van der Waals surface area contributed by atoms with Gasteiger partial charge in [-0.25, -0.2) is 4.79 Å². The summed E-state index contributed by atoms with van der Waals surface area (Å²) < 4.78 is 20.0. The summed E-state index contributed by atoms with van der Waals surface area (Å²) in [6.45, 7) is 3.62. The molecule has 0 N–H and O–H groups in total. The molecule has 0 spiro atoms. The van der Waals surface area contributed by atoms with Crippen LogP contribution < -0.4 is 0 Å². The number of hydrogen-bond donors (Lipinski definition) is 0. The SMILES string of the molecule is CCOC(=O)c1c(Cl)nc(F)n1C(C)c1ccccc1. The molecule has 2 aromatic rings. The molecule has 2 rings (SSSR count). The lowest BCUT2D eigenvalue weighted by atomic mass is 10.1. The van der Waals surface area contributed by atoms with Crippen molar-refractivity contribution >= 4 is 17.6 Å². The lowest BCUT2D eigenvalue weighted by Crippen LogP contribution is -2.18. The maximum atomic E-state index is 14.0. The van der Waals surface area contributed by atoms with Crippen LogP contribution in [0.5, 0.6) is 0 Å². The highest BCUT2D eigenvalue weighted by Gasteiger charge is 2.26. The fourth-order valence-corrected chi connectivity index (χ4v) is 2.23. The molecular weight excluding hydrogens is 283 g/mol. The normalized spacial score (nSPS) is 12.2. The van der Waals surface area contributed by atoms with Gasteiger partial charge in [-0.3, -0.25) is 4.57 Å². The van der Waals surface area contributed by atoms with Gasteiger partial charge >= 0.3 is 5.97 Å². The number of imidazole rings is 1. The fourth-order valence-electron chi connectivity index (χ4n) is 2.00. The predicted octanol–water partition coefficient (Wildman–Crippen LogP) is 3.46. The molecule has 106 valence electrons. The van der Waals surface area contributed by atoms with E-state index in [0.29, 0.717) is 0 Å². The van der Waals surface area contributed by atoms with Crippen molar-refractivity contribution in [1.82, 2.24) is 9.55 Å². The van der Waals surface area contributed by atoms with Crippen molar-refractivity contribution in [3.05, 3.63) is 52.8 Å². The first kappa shape index (κ1) is 14.5. The Hall–Kier alpha value is -1.88. The summed E-state index contributed by atoms with van der Waals surface area (Å²) in [4.78, 5) is 15.4. The van der Waals surface area contributed by atoms with Crippen LogP contribution in [0.15, 0.2) is 30.3 Å². The molecule has 0 saturated heterocycles. The average Bonchev–Trinajstić information content (AvgIpc) is 2.74. The highest BCUT2D eigenvalue weighted by molar-refractivity contribution is 6.32. The minimum absolute atomic E-state index is 0.0673. The first-order chi connectivity index (χ1) is 9.56. The van der Waals surface area contributed by atoms with Crippen LogP contribution in [0.2, 0.25) is 5.15 Å². The Balaban J connectivity index is 2.48. The highest BCUT2D eigenvalue weighted by atomic mass is 35.5. The van der Waals surface area contributed by atoms with Crippen LogP contribution in [-0.2, 0) is 4.74 Å². The molecule has 0 fully saturated rings. The number of ether oxygens (including phenoxy) is 1. The number of carbonyl (C=O) groups is 1. The van der Waals surface area contributed by atoms with Gasteiger partial charge in [-0.1, -0.05) is 41.9 Å². The first-order valence-corrected chi connectivity index (χ1v) is 6.59. The Morgan fingerprint density at radius 3 is 2.70 bits per heavy atom. The minimum atomic E-state index is -0.811. The van der Waals surface area contributed by atoms with E-state index in [9.17, 15) is 9.18 Å². The molecule has 1 aromatic heterocycles. The maximum Gasteiger partial charge on any atom is 0.358 e. The number of esters is 1. The minimum Gasteiger partial charge on any atom is -0.461 e. The topological polar surface area (TPSA) is 44.1 Å². The summed E-state index contributed by atoms with van der Waals surface area (Å²) in [7, 11) is 0. The highest BCUT2D eigenvalue weighted by Crippen LogP contribution is 2.26. The Morgan fingerprint density at radius 2 is 2.10 bits per heavy atom. The van der Waals surface area contributed by atoms with E-state index in [0.717, 1.165) is 10.1 Å². The van der Waals surface area contributed by atoms with Gasteiger partial charge < -0.3 is 4.74 Å². The van der Waals surface area contributed by atoms with Crippen LogP contribution in [0.3, 0.4) is 0 Å². The van der Waals surface area contributed by atoms with Gasteiger partial charge in [0.05, 0.1) is 12.6 Å². The van der Waals surface area contributed by atoms with Crippen molar-refractivity contribution in [3.8, 4) is 0 Å². The lowest BCUT2D eigenvalue weighted by Gasteiger charge is -2.16. The number of hydrogen-bond acceptors (Lipinski definition) is 3. The molecule has 0 aliphatic heterocycles. The summed E-state index contributed by atoms with van der Waals surface area (Å²) in [5.74, 6) is -0.684. The van der Waals surface area contributed by atoms with Crippen molar-refractivity contribution in [2.24, 2.45) is 0 Å². The zero-order valence-electron chi connectivity index (χ0n) is 11.1. The largest absolute Gasteiger partial charge is 0.461 e. The van der Waals surface area contributed by atoms with Gasteiger partial charge in [0.1, 0.15) is 0 Å². The van der Waals surface area contributed by atoms with E-state index in [-0.39, 0.29) is 17.5 Å². The van der Waals surface area contributed by atoms with Crippen LogP contribution in [-0.4, -0.2) is 22.1 Å². The van der Waals surface area contributed by atoms with E-state index < -0.39 is 18.1 Å². The van der Waals surface area contributed by atoms with Crippen molar-refractivity contribution in [1.29, 1.82) is 0 Å². The van der Waals surface area contributed by atoms with Crippen molar-refractivity contribution in [3.63, 3.8) is 0 Å². The number of aromatic nitrogens is 2. The molecule has 0 saturated carbocycles. The van der Waals surface area contributed by atoms with E-state index >= 15 is 0 Å². The Labute approximate surface area is 121 Å². The van der Waals surface area contributed by atoms with Gasteiger partial charge in [0.25, 0.3) is 6.08 Å². The number of benzene rings is 1. The molecule has 4 nitrogen and oxygen atoms in total. The Morgan fingerprint density at radius 1 is 1.45 bits per heavy atom. The number of rotatable bonds is 4. The molecule has 1 unspecified atom stereocenters. The average molecular weight is 297 g/mol. The number of halogens is 2. The summed E-state index contributed by atoms with van der Waals surface area (Å²) in [5, 5.41) is -0.191. The molecule has 0 aliphatic rings. The van der Waals surface area contributed by atoms with Crippen molar-refractivity contribution in [2.45, 2.75) is 19.9 Å².